The van der Waals surface area contributed by atoms with Crippen LogP contribution in [-0.4, -0.2) is 28.0 Å². The summed E-state index contributed by atoms with van der Waals surface area (Å²) in [6, 6.07) is 13.7. The maximum absolute atomic E-state index is 12.5. The highest BCUT2D eigenvalue weighted by atomic mass is 16.5. The Morgan fingerprint density at radius 1 is 1.08 bits per heavy atom. The molecule has 1 aliphatic heterocycles. The van der Waals surface area contributed by atoms with Crippen molar-refractivity contribution < 1.29 is 18.5 Å². The number of urea groups is 1. The third-order valence-electron chi connectivity index (χ3n) is 4.03. The van der Waals surface area contributed by atoms with E-state index in [-0.39, 0.29) is 12.5 Å². The summed E-state index contributed by atoms with van der Waals surface area (Å²) in [6.45, 7) is 0.0557. The van der Waals surface area contributed by atoms with Gasteiger partial charge < -0.3 is 14.3 Å². The third-order valence-corrected chi connectivity index (χ3v) is 4.03. The molecule has 1 atom stereocenters. The van der Waals surface area contributed by atoms with Gasteiger partial charge in [-0.25, -0.2) is 4.79 Å². The van der Waals surface area contributed by atoms with Crippen molar-refractivity contribution in [2.24, 2.45) is 0 Å². The van der Waals surface area contributed by atoms with Crippen LogP contribution in [0.15, 0.2) is 63.7 Å². The normalized spacial score (nSPS) is 17.1. The monoisotopic (exact) mass is 337 g/mol. The lowest BCUT2D eigenvalue weighted by Crippen LogP contribution is -2.32. The molecule has 1 aliphatic rings. The first-order valence-electron chi connectivity index (χ1n) is 7.86. The summed E-state index contributed by atoms with van der Waals surface area (Å²) in [7, 11) is 0. The average Bonchev–Trinajstić information content (AvgIpc) is 3.34. The Labute approximate surface area is 143 Å². The van der Waals surface area contributed by atoms with Crippen LogP contribution in [0.4, 0.5) is 4.79 Å². The SMILES string of the molecule is O=C1NC(Cc2ccccc2)C(=O)N1Cc1cc(-c2ccco2)on1. The molecule has 0 aliphatic carbocycles. The van der Waals surface area contributed by atoms with Crippen LogP contribution in [0.1, 0.15) is 11.3 Å². The fraction of sp³-hybridized carbons (Fsp3) is 0.167. The van der Waals surface area contributed by atoms with Gasteiger partial charge >= 0.3 is 6.03 Å². The number of imide groups is 1. The van der Waals surface area contributed by atoms with Crippen molar-refractivity contribution >= 4 is 11.9 Å². The van der Waals surface area contributed by atoms with Crippen molar-refractivity contribution in [3.8, 4) is 11.5 Å². The van der Waals surface area contributed by atoms with E-state index in [1.165, 1.54) is 6.26 Å². The lowest BCUT2D eigenvalue weighted by molar-refractivity contribution is -0.127. The summed E-state index contributed by atoms with van der Waals surface area (Å²) in [6.07, 6.45) is 1.99. The third kappa shape index (κ3) is 3.03. The predicted octanol–water partition coefficient (Wildman–Crippen LogP) is 2.60. The van der Waals surface area contributed by atoms with E-state index in [1.807, 2.05) is 30.3 Å². The first-order valence-corrected chi connectivity index (χ1v) is 7.86. The first kappa shape index (κ1) is 15.2. The molecular formula is C18H15N3O4. The maximum atomic E-state index is 12.5. The molecule has 0 bridgehead atoms. The van der Waals surface area contributed by atoms with Gasteiger partial charge in [-0.05, 0) is 17.7 Å². The van der Waals surface area contributed by atoms with Crippen molar-refractivity contribution in [1.29, 1.82) is 0 Å². The fourth-order valence-electron chi connectivity index (χ4n) is 2.80. The van der Waals surface area contributed by atoms with Crippen molar-refractivity contribution in [1.82, 2.24) is 15.4 Å². The molecular weight excluding hydrogens is 322 g/mol. The van der Waals surface area contributed by atoms with E-state index in [0.717, 1.165) is 10.5 Å². The van der Waals surface area contributed by atoms with E-state index in [0.29, 0.717) is 23.6 Å². The van der Waals surface area contributed by atoms with Crippen LogP contribution < -0.4 is 5.32 Å². The smallest absolute Gasteiger partial charge is 0.325 e. The number of amides is 3. The molecule has 3 aromatic rings. The van der Waals surface area contributed by atoms with E-state index in [1.54, 1.807) is 18.2 Å². The van der Waals surface area contributed by atoms with E-state index in [9.17, 15) is 9.59 Å². The van der Waals surface area contributed by atoms with Crippen LogP contribution in [0.25, 0.3) is 11.5 Å². The molecule has 0 spiro atoms. The van der Waals surface area contributed by atoms with E-state index < -0.39 is 12.1 Å². The van der Waals surface area contributed by atoms with Crippen molar-refractivity contribution in [2.75, 3.05) is 0 Å². The zero-order valence-corrected chi connectivity index (χ0v) is 13.2. The predicted molar refractivity (Wildman–Crippen MR) is 87.2 cm³/mol. The molecule has 7 nitrogen and oxygen atoms in total. The number of aromatic nitrogens is 1. The molecule has 1 N–H and O–H groups in total. The second-order valence-corrected chi connectivity index (χ2v) is 5.78. The molecule has 126 valence electrons. The van der Waals surface area contributed by atoms with Crippen molar-refractivity contribution in [3.63, 3.8) is 0 Å². The van der Waals surface area contributed by atoms with E-state index >= 15 is 0 Å². The Hall–Kier alpha value is -3.35. The zero-order valence-electron chi connectivity index (χ0n) is 13.2. The molecule has 3 amide bonds. The number of nitrogens with one attached hydrogen (secondary N) is 1. The molecule has 1 unspecified atom stereocenters. The van der Waals surface area contributed by atoms with E-state index in [4.69, 9.17) is 8.94 Å². The minimum absolute atomic E-state index is 0.0557. The summed E-state index contributed by atoms with van der Waals surface area (Å²) < 4.78 is 10.4. The highest BCUT2D eigenvalue weighted by Gasteiger charge is 2.38. The number of hydrogen-bond donors (Lipinski definition) is 1. The molecule has 1 aromatic carbocycles. The van der Waals surface area contributed by atoms with Crippen LogP contribution in [0.2, 0.25) is 0 Å². The minimum Gasteiger partial charge on any atom is -0.461 e. The Balaban J connectivity index is 1.46. The Bertz CT molecular complexity index is 886. The maximum Gasteiger partial charge on any atom is 0.325 e. The van der Waals surface area contributed by atoms with Gasteiger partial charge in [-0.15, -0.1) is 0 Å². The Morgan fingerprint density at radius 3 is 2.68 bits per heavy atom. The number of rotatable bonds is 5. The molecule has 7 heteroatoms. The van der Waals surface area contributed by atoms with Crippen LogP contribution in [0.3, 0.4) is 0 Å². The number of hydrogen-bond acceptors (Lipinski definition) is 5. The van der Waals surface area contributed by atoms with Crippen LogP contribution in [0.5, 0.6) is 0 Å². The Morgan fingerprint density at radius 2 is 1.92 bits per heavy atom. The molecule has 3 heterocycles. The highest BCUT2D eigenvalue weighted by Crippen LogP contribution is 2.22. The zero-order chi connectivity index (χ0) is 17.2. The lowest BCUT2D eigenvalue weighted by atomic mass is 10.1. The van der Waals surface area contributed by atoms with E-state index in [2.05, 4.69) is 10.5 Å². The van der Waals surface area contributed by atoms with Gasteiger partial charge in [0.15, 0.2) is 5.76 Å². The number of furan rings is 1. The average molecular weight is 337 g/mol. The largest absolute Gasteiger partial charge is 0.461 e. The molecule has 4 rings (SSSR count). The van der Waals surface area contributed by atoms with Gasteiger partial charge in [0, 0.05) is 12.5 Å². The number of carbonyl (C=O) groups excluding carboxylic acids is 2. The first-order chi connectivity index (χ1) is 12.2. The molecule has 1 saturated heterocycles. The van der Waals surface area contributed by atoms with Crippen molar-refractivity contribution in [2.45, 2.75) is 19.0 Å². The standard InChI is InChI=1S/C18H15N3O4/c22-17-14(9-12-5-2-1-3-6-12)19-18(23)21(17)11-13-10-16(25-20-13)15-7-4-8-24-15/h1-8,10,14H,9,11H2,(H,19,23). The summed E-state index contributed by atoms with van der Waals surface area (Å²) in [4.78, 5) is 25.8. The fourth-order valence-corrected chi connectivity index (χ4v) is 2.80. The quantitative estimate of drug-likeness (QED) is 0.723. The molecule has 0 radical (unpaired) electrons. The summed E-state index contributed by atoms with van der Waals surface area (Å²) in [5.41, 5.74) is 1.47. The summed E-state index contributed by atoms with van der Waals surface area (Å²) in [5.74, 6) is 0.724. The van der Waals surface area contributed by atoms with Gasteiger partial charge in [-0.2, -0.15) is 0 Å². The van der Waals surface area contributed by atoms with Gasteiger partial charge in [0.25, 0.3) is 5.91 Å². The van der Waals surface area contributed by atoms with Gasteiger partial charge in [0.05, 0.1) is 12.8 Å². The number of nitrogens with zero attached hydrogens (tertiary/aromatic N) is 2. The highest BCUT2D eigenvalue weighted by molar-refractivity contribution is 6.04. The molecule has 1 fully saturated rings. The molecule has 0 saturated carbocycles. The minimum atomic E-state index is -0.564. The van der Waals surface area contributed by atoms with Gasteiger partial charge in [-0.1, -0.05) is 35.5 Å². The lowest BCUT2D eigenvalue weighted by Gasteiger charge is -2.11. The van der Waals surface area contributed by atoms with Crippen LogP contribution in [-0.2, 0) is 17.8 Å². The second kappa shape index (κ2) is 6.27. The number of benzene rings is 1. The van der Waals surface area contributed by atoms with Crippen LogP contribution in [0, 0.1) is 0 Å². The summed E-state index contributed by atoms with van der Waals surface area (Å²) >= 11 is 0. The number of carbonyl (C=O) groups is 2. The molecule has 25 heavy (non-hydrogen) atoms. The van der Waals surface area contributed by atoms with Crippen molar-refractivity contribution in [3.05, 3.63) is 66.1 Å². The van der Waals surface area contributed by atoms with Gasteiger partial charge in [0.1, 0.15) is 11.7 Å². The van der Waals surface area contributed by atoms with Gasteiger partial charge in [0.2, 0.25) is 5.76 Å². The van der Waals surface area contributed by atoms with Crippen LogP contribution >= 0.6 is 0 Å². The second-order valence-electron chi connectivity index (χ2n) is 5.78. The van der Waals surface area contributed by atoms with Gasteiger partial charge in [-0.3, -0.25) is 9.69 Å². The molecule has 2 aromatic heterocycles. The summed E-state index contributed by atoms with van der Waals surface area (Å²) in [5, 5.41) is 6.62. The Kier molecular flexibility index (Phi) is 3.81. The topological polar surface area (TPSA) is 88.6 Å².